The topological polar surface area (TPSA) is 311 Å². The molecular weight excluding hydrogens is 723 g/mol. The van der Waals surface area contributed by atoms with Gasteiger partial charge in [-0.05, 0) is 55.4 Å². The Bertz CT molecular complexity index is 1710. The second-order valence-electron chi connectivity index (χ2n) is 12.9. The largest absolute Gasteiger partial charge is 0.508 e. The van der Waals surface area contributed by atoms with Gasteiger partial charge in [0.05, 0.1) is 18.6 Å². The smallest absolute Gasteiger partial charge is 0.469 e. The predicted molar refractivity (Wildman–Crippen MR) is 198 cm³/mol. The van der Waals surface area contributed by atoms with Crippen molar-refractivity contribution in [3.8, 4) is 5.75 Å². The van der Waals surface area contributed by atoms with E-state index >= 15 is 0 Å². The van der Waals surface area contributed by atoms with Gasteiger partial charge in [-0.15, -0.1) is 0 Å². The Kier molecular flexibility index (Phi) is 16.6. The number of amides is 5. The highest BCUT2D eigenvalue weighted by Crippen LogP contribution is 2.36. The van der Waals surface area contributed by atoms with Crippen molar-refractivity contribution in [3.05, 3.63) is 77.4 Å². The van der Waals surface area contributed by atoms with Crippen molar-refractivity contribution in [3.63, 3.8) is 0 Å². The first-order valence-electron chi connectivity index (χ1n) is 17.3. The zero-order valence-electron chi connectivity index (χ0n) is 29.9. The van der Waals surface area contributed by atoms with Crippen molar-refractivity contribution in [2.75, 3.05) is 13.2 Å². The highest BCUT2D eigenvalue weighted by molar-refractivity contribution is 7.46. The summed E-state index contributed by atoms with van der Waals surface area (Å²) in [7, 11) is -5.03. The molecule has 5 atom stereocenters. The number of nitrogens with two attached hydrogens (primary N) is 3. The summed E-state index contributed by atoms with van der Waals surface area (Å²) in [6, 6.07) is 10.2. The van der Waals surface area contributed by atoms with Crippen LogP contribution in [0.25, 0.3) is 0 Å². The molecule has 1 aliphatic carbocycles. The molecule has 0 unspecified atom stereocenters. The fourth-order valence-corrected chi connectivity index (χ4v) is 6.29. The number of hydrogen-bond acceptors (Lipinski definition) is 9. The summed E-state index contributed by atoms with van der Waals surface area (Å²) < 4.78 is 16.5. The van der Waals surface area contributed by atoms with Gasteiger partial charge < -0.3 is 53.4 Å². The predicted octanol–water partition coefficient (Wildman–Crippen LogP) is -0.489. The van der Waals surface area contributed by atoms with Crippen LogP contribution in [0.1, 0.15) is 50.2 Å². The van der Waals surface area contributed by atoms with E-state index in [2.05, 4.69) is 26.3 Å². The molecule has 1 saturated carbocycles. The summed E-state index contributed by atoms with van der Waals surface area (Å²) in [6.07, 6.45) is 3.34. The van der Waals surface area contributed by atoms with Crippen LogP contribution >= 0.6 is 7.82 Å². The number of phosphoric acid groups is 1. The maximum Gasteiger partial charge on any atom is 0.469 e. The number of carbonyl (C=O) groups is 5. The van der Waals surface area contributed by atoms with Crippen LogP contribution in [0.2, 0.25) is 0 Å². The quantitative estimate of drug-likeness (QED) is 0.0268. The van der Waals surface area contributed by atoms with Crippen LogP contribution in [-0.2, 0) is 45.9 Å². The number of hydrogen-bond donors (Lipinski definition) is 10. The number of phenols is 1. The van der Waals surface area contributed by atoms with E-state index in [0.29, 0.717) is 36.8 Å². The third kappa shape index (κ3) is 15.4. The molecule has 0 saturated heterocycles. The lowest BCUT2D eigenvalue weighted by Gasteiger charge is -2.25. The minimum Gasteiger partial charge on any atom is -0.508 e. The van der Waals surface area contributed by atoms with Crippen molar-refractivity contribution in [1.82, 2.24) is 21.3 Å². The summed E-state index contributed by atoms with van der Waals surface area (Å²) in [5.41, 5.74) is 18.0. The number of benzene rings is 2. The number of nitrogens with one attached hydrogen (secondary N) is 4. The third-order valence-electron chi connectivity index (χ3n) is 8.48. The highest BCUT2D eigenvalue weighted by Gasteiger charge is 2.33. The van der Waals surface area contributed by atoms with Gasteiger partial charge in [-0.3, -0.25) is 33.5 Å². The Hall–Kier alpha value is -5.29. The number of phenolic OH excluding ortho intramolecular Hbond substituents is 1. The van der Waals surface area contributed by atoms with Crippen molar-refractivity contribution < 1.29 is 48.0 Å². The van der Waals surface area contributed by atoms with Crippen molar-refractivity contribution in [1.29, 1.82) is 0 Å². The average Bonchev–Trinajstić information content (AvgIpc) is 3.56. The number of guanidine groups is 1. The SMILES string of the molecule is CC(=O)N[C@@H](Cc1ccccc1)C(=O)N[C@@H](Cc1ccc(O)cc1)C(=O)N[C@@H](/C=C1/CCC[C@H]1C(=O)N[C@@H](CCCN=C(N)N)C(N)=O)COP(=O)(O)O. The molecule has 1 aliphatic rings. The van der Waals surface area contributed by atoms with Gasteiger partial charge in [0, 0.05) is 26.3 Å². The lowest BCUT2D eigenvalue weighted by molar-refractivity contribution is -0.131. The van der Waals surface area contributed by atoms with E-state index in [0.717, 1.165) is 5.56 Å². The molecule has 3 rings (SSSR count). The van der Waals surface area contributed by atoms with Crippen LogP contribution in [0.3, 0.4) is 0 Å². The lowest BCUT2D eigenvalue weighted by atomic mass is 9.98. The zero-order valence-corrected chi connectivity index (χ0v) is 30.7. The second kappa shape index (κ2) is 20.8. The van der Waals surface area contributed by atoms with Crippen LogP contribution in [-0.4, -0.2) is 87.7 Å². The third-order valence-corrected chi connectivity index (χ3v) is 8.96. The summed E-state index contributed by atoms with van der Waals surface area (Å²) in [6.45, 7) is 0.766. The maximum atomic E-state index is 14.0. The molecule has 0 spiro atoms. The zero-order chi connectivity index (χ0) is 39.8. The van der Waals surface area contributed by atoms with E-state index in [9.17, 15) is 43.4 Å². The summed E-state index contributed by atoms with van der Waals surface area (Å²) in [5.74, 6) is -4.11. The van der Waals surface area contributed by atoms with Crippen molar-refractivity contribution >= 4 is 43.3 Å². The van der Waals surface area contributed by atoms with Gasteiger partial charge in [0.15, 0.2) is 5.96 Å². The van der Waals surface area contributed by atoms with Gasteiger partial charge in [0.25, 0.3) is 0 Å². The van der Waals surface area contributed by atoms with Crippen LogP contribution in [0, 0.1) is 5.92 Å². The molecule has 0 bridgehead atoms. The molecule has 5 amide bonds. The molecule has 0 aromatic heterocycles. The fraction of sp³-hybridized carbons (Fsp3) is 0.429. The number of nitrogens with zero attached hydrogens (tertiary/aromatic N) is 1. The molecular formula is C35H49N8O10P. The Morgan fingerprint density at radius 2 is 1.50 bits per heavy atom. The van der Waals surface area contributed by atoms with Crippen molar-refractivity contribution in [2.45, 2.75) is 76.0 Å². The first-order chi connectivity index (χ1) is 25.5. The Labute approximate surface area is 312 Å². The second-order valence-corrected chi connectivity index (χ2v) is 14.1. The van der Waals surface area contributed by atoms with Gasteiger partial charge in [-0.1, -0.05) is 54.1 Å². The Morgan fingerprint density at radius 3 is 2.09 bits per heavy atom. The minimum atomic E-state index is -5.03. The van der Waals surface area contributed by atoms with Gasteiger partial charge in [-0.25, -0.2) is 4.57 Å². The standard InChI is InChI=1S/C35H49N8O10P/c1-21(44)40-29(17-22-7-3-2-4-8-22)34(49)43-30(18-23-12-14-26(45)15-13-23)33(48)41-25(20-53-54(50,51)52)19-24-9-5-10-27(24)32(47)42-28(31(36)46)11-6-16-39-35(37)38/h2-4,7-8,12-15,19,25,27-30,45H,5-6,9-11,16-18,20H2,1H3,(H2,36,46)(H,40,44)(H,41,48)(H,42,47)(H,43,49)(H4,37,38,39)(H2,50,51,52)/b24-19-/t25-,27+,28-,29-,30-/m0/s1. The number of carbonyl (C=O) groups excluding carboxylic acids is 5. The molecule has 0 aliphatic heterocycles. The van der Waals surface area contributed by atoms with Crippen LogP contribution in [0.4, 0.5) is 0 Å². The summed E-state index contributed by atoms with van der Waals surface area (Å²) in [4.78, 5) is 88.0. The van der Waals surface area contributed by atoms with E-state index in [-0.39, 0.29) is 37.5 Å². The van der Waals surface area contributed by atoms with Crippen LogP contribution in [0.5, 0.6) is 5.75 Å². The molecule has 2 aromatic rings. The van der Waals surface area contributed by atoms with Gasteiger partial charge >= 0.3 is 7.82 Å². The molecule has 0 radical (unpaired) electrons. The minimum absolute atomic E-state index is 0.0260. The molecule has 0 heterocycles. The Balaban J connectivity index is 1.87. The fourth-order valence-electron chi connectivity index (χ4n) is 5.93. The van der Waals surface area contributed by atoms with E-state index in [1.165, 1.54) is 25.1 Å². The number of phosphoric ester groups is 1. The van der Waals surface area contributed by atoms with Gasteiger partial charge in [0.2, 0.25) is 29.5 Å². The van der Waals surface area contributed by atoms with Crippen LogP contribution < -0.4 is 38.5 Å². The molecule has 19 heteroatoms. The average molecular weight is 773 g/mol. The molecule has 294 valence electrons. The Morgan fingerprint density at radius 1 is 0.889 bits per heavy atom. The summed E-state index contributed by atoms with van der Waals surface area (Å²) in [5, 5.41) is 20.4. The highest BCUT2D eigenvalue weighted by atomic mass is 31.2. The van der Waals surface area contributed by atoms with E-state index in [1.54, 1.807) is 42.5 Å². The number of primary amides is 1. The van der Waals surface area contributed by atoms with E-state index in [4.69, 9.17) is 21.7 Å². The molecule has 1 fully saturated rings. The van der Waals surface area contributed by atoms with Gasteiger partial charge in [0.1, 0.15) is 23.9 Å². The molecule has 18 nitrogen and oxygen atoms in total. The van der Waals surface area contributed by atoms with Crippen molar-refractivity contribution in [2.24, 2.45) is 28.1 Å². The van der Waals surface area contributed by atoms with E-state index < -0.39 is 74.1 Å². The first-order valence-corrected chi connectivity index (χ1v) is 18.8. The van der Waals surface area contributed by atoms with E-state index in [1.807, 2.05) is 0 Å². The monoisotopic (exact) mass is 772 g/mol. The molecule has 2 aromatic carbocycles. The number of aliphatic imine (C=N–C) groups is 1. The van der Waals surface area contributed by atoms with Crippen LogP contribution in [0.15, 0.2) is 71.2 Å². The molecule has 13 N–H and O–H groups in total. The van der Waals surface area contributed by atoms with Gasteiger partial charge in [-0.2, -0.15) is 0 Å². The summed E-state index contributed by atoms with van der Waals surface area (Å²) >= 11 is 0. The molecule has 54 heavy (non-hydrogen) atoms. The lowest BCUT2D eigenvalue weighted by Crippen LogP contribution is -2.56. The first kappa shape index (κ1) is 43.1. The number of aromatic hydroxyl groups is 1. The maximum absolute atomic E-state index is 14.0. The number of rotatable bonds is 20. The normalized spacial score (nSPS) is 17.0.